The molecular formula is C22H21F3N4O2. The van der Waals surface area contributed by atoms with Crippen LogP contribution in [0.15, 0.2) is 54.7 Å². The average molecular weight is 430 g/mol. The zero-order valence-corrected chi connectivity index (χ0v) is 16.8. The Morgan fingerprint density at radius 3 is 2.61 bits per heavy atom. The van der Waals surface area contributed by atoms with Crippen LogP contribution in [0.2, 0.25) is 0 Å². The number of likely N-dealkylation sites (tertiary alicyclic amines) is 1. The van der Waals surface area contributed by atoms with Crippen LogP contribution in [0.3, 0.4) is 0 Å². The number of hydrogen-bond donors (Lipinski definition) is 0. The van der Waals surface area contributed by atoms with Gasteiger partial charge in [-0.3, -0.25) is 4.79 Å². The van der Waals surface area contributed by atoms with E-state index in [0.717, 1.165) is 34.9 Å². The SMILES string of the molecule is CCOc1ccc(C2CCCN2C(=O)c2cn(-c3ccccc3C(F)(F)F)nn2)cc1. The molecule has 1 saturated heterocycles. The number of carbonyl (C=O) groups excluding carboxylic acids is 1. The highest BCUT2D eigenvalue weighted by molar-refractivity contribution is 5.92. The van der Waals surface area contributed by atoms with E-state index in [1.165, 1.54) is 24.4 Å². The standard InChI is InChI=1S/C22H21F3N4O2/c1-2-31-16-11-9-15(10-12-16)19-8-5-13-28(19)21(30)18-14-29(27-26-18)20-7-4-3-6-17(20)22(23,24)25/h3-4,6-7,9-12,14,19H,2,5,8,13H2,1H3. The third-order valence-electron chi connectivity index (χ3n) is 5.26. The van der Waals surface area contributed by atoms with Crippen LogP contribution in [0, 0.1) is 0 Å². The first kappa shape index (κ1) is 20.9. The third kappa shape index (κ3) is 4.26. The van der Waals surface area contributed by atoms with Crippen LogP contribution in [0.25, 0.3) is 5.69 Å². The molecule has 1 atom stereocenters. The van der Waals surface area contributed by atoms with E-state index in [1.807, 2.05) is 31.2 Å². The van der Waals surface area contributed by atoms with Gasteiger partial charge in [0.25, 0.3) is 5.91 Å². The molecule has 1 unspecified atom stereocenters. The smallest absolute Gasteiger partial charge is 0.418 e. The van der Waals surface area contributed by atoms with Crippen LogP contribution < -0.4 is 4.74 Å². The molecule has 0 radical (unpaired) electrons. The number of ether oxygens (including phenoxy) is 1. The van der Waals surface area contributed by atoms with Crippen LogP contribution in [0.5, 0.6) is 5.75 Å². The first-order valence-electron chi connectivity index (χ1n) is 10.0. The largest absolute Gasteiger partial charge is 0.494 e. The fourth-order valence-electron chi connectivity index (χ4n) is 3.85. The molecule has 31 heavy (non-hydrogen) atoms. The number of amides is 1. The molecule has 1 aromatic heterocycles. The summed E-state index contributed by atoms with van der Waals surface area (Å²) in [5.41, 5.74) is -0.0303. The molecule has 1 fully saturated rings. The van der Waals surface area contributed by atoms with Gasteiger partial charge in [0.05, 0.1) is 30.1 Å². The predicted molar refractivity (Wildman–Crippen MR) is 107 cm³/mol. The van der Waals surface area contributed by atoms with E-state index in [4.69, 9.17) is 4.74 Å². The lowest BCUT2D eigenvalue weighted by Gasteiger charge is -2.24. The van der Waals surface area contributed by atoms with Crippen molar-refractivity contribution in [1.29, 1.82) is 0 Å². The van der Waals surface area contributed by atoms with Crippen molar-refractivity contribution in [3.8, 4) is 11.4 Å². The summed E-state index contributed by atoms with van der Waals surface area (Å²) >= 11 is 0. The first-order chi connectivity index (χ1) is 14.9. The second-order valence-corrected chi connectivity index (χ2v) is 7.22. The summed E-state index contributed by atoms with van der Waals surface area (Å²) in [6, 6.07) is 12.5. The maximum Gasteiger partial charge on any atom is 0.418 e. The fourth-order valence-corrected chi connectivity index (χ4v) is 3.85. The first-order valence-corrected chi connectivity index (χ1v) is 10.0. The molecule has 0 bridgehead atoms. The van der Waals surface area contributed by atoms with E-state index in [2.05, 4.69) is 10.3 Å². The van der Waals surface area contributed by atoms with Gasteiger partial charge < -0.3 is 9.64 Å². The lowest BCUT2D eigenvalue weighted by atomic mass is 10.0. The highest BCUT2D eigenvalue weighted by atomic mass is 19.4. The number of nitrogens with zero attached hydrogens (tertiary/aromatic N) is 4. The van der Waals surface area contributed by atoms with Crippen molar-refractivity contribution in [3.63, 3.8) is 0 Å². The molecule has 1 aliphatic rings. The Morgan fingerprint density at radius 2 is 1.90 bits per heavy atom. The van der Waals surface area contributed by atoms with Crippen molar-refractivity contribution in [3.05, 3.63) is 71.5 Å². The predicted octanol–water partition coefficient (Wildman–Crippen LogP) is 4.66. The summed E-state index contributed by atoms with van der Waals surface area (Å²) in [5.74, 6) is 0.403. The van der Waals surface area contributed by atoms with Crippen molar-refractivity contribution in [1.82, 2.24) is 19.9 Å². The lowest BCUT2D eigenvalue weighted by molar-refractivity contribution is -0.137. The van der Waals surface area contributed by atoms with Crippen LogP contribution in [-0.2, 0) is 6.18 Å². The molecule has 0 saturated carbocycles. The quantitative estimate of drug-likeness (QED) is 0.591. The van der Waals surface area contributed by atoms with Crippen LogP contribution in [-0.4, -0.2) is 39.0 Å². The maximum absolute atomic E-state index is 13.3. The lowest BCUT2D eigenvalue weighted by Crippen LogP contribution is -2.30. The number of carbonyl (C=O) groups is 1. The van der Waals surface area contributed by atoms with Gasteiger partial charge in [-0.05, 0) is 49.6 Å². The Morgan fingerprint density at radius 1 is 1.16 bits per heavy atom. The summed E-state index contributed by atoms with van der Waals surface area (Å²) in [4.78, 5) is 14.8. The third-order valence-corrected chi connectivity index (χ3v) is 5.26. The second kappa shape index (κ2) is 8.41. The van der Waals surface area contributed by atoms with Crippen LogP contribution in [0.1, 0.15) is 47.4 Å². The van der Waals surface area contributed by atoms with Gasteiger partial charge in [0.1, 0.15) is 5.75 Å². The number of benzene rings is 2. The van der Waals surface area contributed by atoms with Crippen molar-refractivity contribution >= 4 is 5.91 Å². The van der Waals surface area contributed by atoms with Crippen molar-refractivity contribution in [2.45, 2.75) is 32.0 Å². The normalized spacial score (nSPS) is 16.5. The minimum absolute atomic E-state index is 0.00909. The van der Waals surface area contributed by atoms with E-state index >= 15 is 0 Å². The highest BCUT2D eigenvalue weighted by Gasteiger charge is 2.35. The Balaban J connectivity index is 1.57. The minimum atomic E-state index is -4.54. The van der Waals surface area contributed by atoms with Gasteiger partial charge >= 0.3 is 6.18 Å². The minimum Gasteiger partial charge on any atom is -0.494 e. The summed E-state index contributed by atoms with van der Waals surface area (Å²) in [6.45, 7) is 3.02. The van der Waals surface area contributed by atoms with Gasteiger partial charge in [-0.1, -0.05) is 29.5 Å². The molecule has 9 heteroatoms. The maximum atomic E-state index is 13.3. The van der Waals surface area contributed by atoms with Crippen LogP contribution in [0.4, 0.5) is 13.2 Å². The molecule has 0 spiro atoms. The summed E-state index contributed by atoms with van der Waals surface area (Å²) in [7, 11) is 0. The molecular weight excluding hydrogens is 409 g/mol. The molecule has 2 heterocycles. The van der Waals surface area contributed by atoms with Gasteiger partial charge in [-0.15, -0.1) is 5.10 Å². The van der Waals surface area contributed by atoms with E-state index in [0.29, 0.717) is 13.2 Å². The molecule has 1 aliphatic heterocycles. The number of hydrogen-bond acceptors (Lipinski definition) is 4. The van der Waals surface area contributed by atoms with E-state index < -0.39 is 11.7 Å². The van der Waals surface area contributed by atoms with Gasteiger partial charge in [-0.2, -0.15) is 13.2 Å². The molecule has 2 aromatic carbocycles. The number of halogens is 3. The number of rotatable bonds is 5. The number of alkyl halides is 3. The van der Waals surface area contributed by atoms with Gasteiger partial charge in [0.2, 0.25) is 0 Å². The molecule has 4 rings (SSSR count). The zero-order chi connectivity index (χ0) is 22.0. The fraction of sp³-hybridized carbons (Fsp3) is 0.318. The number of aromatic nitrogens is 3. The Bertz CT molecular complexity index is 1060. The molecule has 1 amide bonds. The topological polar surface area (TPSA) is 60.2 Å². The van der Waals surface area contributed by atoms with Crippen molar-refractivity contribution < 1.29 is 22.7 Å². The van der Waals surface area contributed by atoms with E-state index in [-0.39, 0.29) is 23.3 Å². The molecule has 3 aromatic rings. The zero-order valence-electron chi connectivity index (χ0n) is 16.8. The Hall–Kier alpha value is -3.36. The van der Waals surface area contributed by atoms with E-state index in [9.17, 15) is 18.0 Å². The van der Waals surface area contributed by atoms with Crippen molar-refractivity contribution in [2.75, 3.05) is 13.2 Å². The molecule has 162 valence electrons. The average Bonchev–Trinajstić information content (AvgIpc) is 3.44. The molecule has 0 aliphatic carbocycles. The Labute approximate surface area is 177 Å². The second-order valence-electron chi connectivity index (χ2n) is 7.22. The van der Waals surface area contributed by atoms with Crippen LogP contribution >= 0.6 is 0 Å². The monoisotopic (exact) mass is 430 g/mol. The van der Waals surface area contributed by atoms with Crippen molar-refractivity contribution in [2.24, 2.45) is 0 Å². The summed E-state index contributed by atoms with van der Waals surface area (Å²) in [6.07, 6.45) is -1.67. The van der Waals surface area contributed by atoms with Gasteiger partial charge in [-0.25, -0.2) is 4.68 Å². The molecule has 6 nitrogen and oxygen atoms in total. The number of para-hydroxylation sites is 1. The highest BCUT2D eigenvalue weighted by Crippen LogP contribution is 2.35. The summed E-state index contributed by atoms with van der Waals surface area (Å²) in [5, 5.41) is 7.65. The van der Waals surface area contributed by atoms with E-state index in [1.54, 1.807) is 4.90 Å². The van der Waals surface area contributed by atoms with Gasteiger partial charge in [0, 0.05) is 6.54 Å². The Kier molecular flexibility index (Phi) is 5.67. The summed E-state index contributed by atoms with van der Waals surface area (Å²) < 4.78 is 46.4. The molecule has 0 N–H and O–H groups in total. The van der Waals surface area contributed by atoms with Gasteiger partial charge in [0.15, 0.2) is 5.69 Å².